The lowest BCUT2D eigenvalue weighted by atomic mass is 9.97. The molecule has 2 aliphatic rings. The lowest BCUT2D eigenvalue weighted by Crippen LogP contribution is -2.44. The Labute approximate surface area is 201 Å². The number of hydrogen-bond donors (Lipinski definition) is 2. The number of hydrogen-bond acceptors (Lipinski definition) is 4. The van der Waals surface area contributed by atoms with Crippen molar-refractivity contribution < 1.29 is 4.79 Å². The highest BCUT2D eigenvalue weighted by Crippen LogP contribution is 2.25. The molecular formula is C23H31IN6O. The highest BCUT2D eigenvalue weighted by molar-refractivity contribution is 14.0. The first-order chi connectivity index (χ1) is 14.7. The van der Waals surface area contributed by atoms with Crippen LogP contribution in [0.1, 0.15) is 29.5 Å². The molecule has 1 unspecified atom stereocenters. The highest BCUT2D eigenvalue weighted by atomic mass is 127. The van der Waals surface area contributed by atoms with Gasteiger partial charge in [0.05, 0.1) is 5.92 Å². The number of rotatable bonds is 4. The van der Waals surface area contributed by atoms with Crippen molar-refractivity contribution in [1.29, 1.82) is 0 Å². The summed E-state index contributed by atoms with van der Waals surface area (Å²) in [5, 5.41) is 3.52. The summed E-state index contributed by atoms with van der Waals surface area (Å²) in [4.78, 5) is 25.3. The fourth-order valence-corrected chi connectivity index (χ4v) is 4.44. The molecule has 3 N–H and O–H groups in total. The largest absolute Gasteiger partial charge is 0.369 e. The number of halogens is 1. The molecule has 0 aliphatic carbocycles. The molecule has 0 spiro atoms. The Balaban J connectivity index is 0.00000272. The summed E-state index contributed by atoms with van der Waals surface area (Å²) < 4.78 is 0. The number of primary amides is 1. The second-order valence-electron chi connectivity index (χ2n) is 8.01. The van der Waals surface area contributed by atoms with Gasteiger partial charge in [0, 0.05) is 51.5 Å². The van der Waals surface area contributed by atoms with E-state index in [1.165, 1.54) is 11.1 Å². The zero-order valence-corrected chi connectivity index (χ0v) is 20.3. The number of guanidine groups is 1. The van der Waals surface area contributed by atoms with E-state index < -0.39 is 0 Å². The van der Waals surface area contributed by atoms with Gasteiger partial charge < -0.3 is 20.9 Å². The maximum Gasteiger partial charge on any atom is 0.222 e. The first-order valence-corrected chi connectivity index (χ1v) is 10.7. The SMILES string of the molecule is CN=C(NCc1cccnc1N1CCCC(C(N)=O)C1)N1CCc2ccccc2C1.I. The summed E-state index contributed by atoms with van der Waals surface area (Å²) in [7, 11) is 1.83. The number of carbonyl (C=O) groups excluding carboxylic acids is 1. The number of nitrogens with zero attached hydrogens (tertiary/aromatic N) is 4. The molecule has 166 valence electrons. The molecule has 0 saturated carbocycles. The molecule has 4 rings (SSSR count). The molecule has 2 aromatic rings. The molecule has 1 amide bonds. The summed E-state index contributed by atoms with van der Waals surface area (Å²) in [6.07, 6.45) is 4.64. The molecule has 1 aromatic heterocycles. The minimum Gasteiger partial charge on any atom is -0.369 e. The Morgan fingerprint density at radius 1 is 1.23 bits per heavy atom. The summed E-state index contributed by atoms with van der Waals surface area (Å²) in [5.74, 6) is 1.49. The van der Waals surface area contributed by atoms with Crippen LogP contribution in [-0.2, 0) is 24.3 Å². The third-order valence-corrected chi connectivity index (χ3v) is 6.07. The minimum absolute atomic E-state index is 0. The summed E-state index contributed by atoms with van der Waals surface area (Å²) in [6, 6.07) is 12.6. The van der Waals surface area contributed by atoms with Crippen LogP contribution in [0.2, 0.25) is 0 Å². The first-order valence-electron chi connectivity index (χ1n) is 10.7. The normalized spacial score (nSPS) is 18.7. The van der Waals surface area contributed by atoms with Gasteiger partial charge in [-0.3, -0.25) is 9.79 Å². The smallest absolute Gasteiger partial charge is 0.222 e. The third-order valence-electron chi connectivity index (χ3n) is 6.07. The van der Waals surface area contributed by atoms with Crippen molar-refractivity contribution in [2.24, 2.45) is 16.6 Å². The number of aromatic nitrogens is 1. The Hall–Kier alpha value is -2.36. The predicted molar refractivity (Wildman–Crippen MR) is 135 cm³/mol. The summed E-state index contributed by atoms with van der Waals surface area (Å²) >= 11 is 0. The topological polar surface area (TPSA) is 86.9 Å². The number of fused-ring (bicyclic) bond motifs is 1. The molecule has 2 aliphatic heterocycles. The minimum atomic E-state index is -0.221. The van der Waals surface area contributed by atoms with Gasteiger partial charge in [-0.25, -0.2) is 4.98 Å². The summed E-state index contributed by atoms with van der Waals surface area (Å²) in [5.41, 5.74) is 9.44. The number of carbonyl (C=O) groups is 1. The maximum absolute atomic E-state index is 11.7. The quantitative estimate of drug-likeness (QED) is 0.358. The number of nitrogens with one attached hydrogen (secondary N) is 1. The van der Waals surface area contributed by atoms with Crippen molar-refractivity contribution in [2.45, 2.75) is 32.4 Å². The van der Waals surface area contributed by atoms with E-state index in [0.717, 1.165) is 56.2 Å². The van der Waals surface area contributed by atoms with Crippen molar-refractivity contribution in [3.05, 3.63) is 59.3 Å². The van der Waals surface area contributed by atoms with E-state index in [0.29, 0.717) is 13.1 Å². The zero-order chi connectivity index (χ0) is 20.9. The number of aliphatic imine (C=N–C) groups is 1. The number of pyridine rings is 1. The maximum atomic E-state index is 11.7. The molecule has 1 atom stereocenters. The van der Waals surface area contributed by atoms with Crippen molar-refractivity contribution in [1.82, 2.24) is 15.2 Å². The van der Waals surface area contributed by atoms with E-state index in [1.807, 2.05) is 19.3 Å². The molecule has 1 aromatic carbocycles. The van der Waals surface area contributed by atoms with Gasteiger partial charge in [-0.2, -0.15) is 0 Å². The van der Waals surface area contributed by atoms with Crippen LogP contribution in [0, 0.1) is 5.92 Å². The Bertz CT molecular complexity index is 934. The van der Waals surface area contributed by atoms with E-state index in [4.69, 9.17) is 5.73 Å². The Morgan fingerprint density at radius 2 is 2.03 bits per heavy atom. The number of amides is 1. The monoisotopic (exact) mass is 534 g/mol. The third kappa shape index (κ3) is 5.47. The van der Waals surface area contributed by atoms with E-state index in [-0.39, 0.29) is 35.8 Å². The second-order valence-corrected chi connectivity index (χ2v) is 8.01. The van der Waals surface area contributed by atoms with Crippen LogP contribution in [0.5, 0.6) is 0 Å². The molecule has 1 fully saturated rings. The van der Waals surface area contributed by atoms with Gasteiger partial charge in [0.15, 0.2) is 5.96 Å². The lowest BCUT2D eigenvalue weighted by molar-refractivity contribution is -0.122. The molecule has 0 radical (unpaired) electrons. The van der Waals surface area contributed by atoms with Crippen LogP contribution < -0.4 is 16.0 Å². The fraction of sp³-hybridized carbons (Fsp3) is 0.435. The van der Waals surface area contributed by atoms with Crippen molar-refractivity contribution in [3.8, 4) is 0 Å². The van der Waals surface area contributed by atoms with Crippen LogP contribution >= 0.6 is 24.0 Å². The average molecular weight is 534 g/mol. The van der Waals surface area contributed by atoms with Crippen LogP contribution in [-0.4, -0.2) is 48.4 Å². The van der Waals surface area contributed by atoms with E-state index in [1.54, 1.807) is 0 Å². The fourth-order valence-electron chi connectivity index (χ4n) is 4.44. The van der Waals surface area contributed by atoms with Gasteiger partial charge in [0.1, 0.15) is 5.82 Å². The number of benzene rings is 1. The summed E-state index contributed by atoms with van der Waals surface area (Å²) in [6.45, 7) is 3.97. The standard InChI is InChI=1S/C23H30N6O.HI/c1-25-23(29-13-10-17-6-2-3-7-19(17)15-29)27-14-18-8-4-11-26-22(18)28-12-5-9-20(16-28)21(24)30;/h2-4,6-8,11,20H,5,9-10,12-16H2,1H3,(H2,24,30)(H,25,27);1H. The van der Waals surface area contributed by atoms with Gasteiger partial charge in [-0.05, 0) is 36.5 Å². The van der Waals surface area contributed by atoms with Crippen LogP contribution in [0.15, 0.2) is 47.6 Å². The van der Waals surface area contributed by atoms with E-state index in [9.17, 15) is 4.79 Å². The van der Waals surface area contributed by atoms with Crippen molar-refractivity contribution in [3.63, 3.8) is 0 Å². The second kappa shape index (κ2) is 10.8. The molecule has 8 heteroatoms. The average Bonchev–Trinajstić information content (AvgIpc) is 2.79. The van der Waals surface area contributed by atoms with E-state index >= 15 is 0 Å². The van der Waals surface area contributed by atoms with Crippen LogP contribution in [0.25, 0.3) is 0 Å². The number of nitrogens with two attached hydrogens (primary N) is 1. The molecule has 0 bridgehead atoms. The predicted octanol–water partition coefficient (Wildman–Crippen LogP) is 2.54. The zero-order valence-electron chi connectivity index (χ0n) is 18.0. The highest BCUT2D eigenvalue weighted by Gasteiger charge is 2.26. The van der Waals surface area contributed by atoms with Crippen LogP contribution in [0.4, 0.5) is 5.82 Å². The van der Waals surface area contributed by atoms with E-state index in [2.05, 4.69) is 55.4 Å². The van der Waals surface area contributed by atoms with Gasteiger partial charge in [-0.1, -0.05) is 30.3 Å². The van der Waals surface area contributed by atoms with Gasteiger partial charge >= 0.3 is 0 Å². The van der Waals surface area contributed by atoms with Crippen LogP contribution in [0.3, 0.4) is 0 Å². The van der Waals surface area contributed by atoms with Crippen molar-refractivity contribution >= 4 is 41.7 Å². The first kappa shape index (κ1) is 23.3. The van der Waals surface area contributed by atoms with Gasteiger partial charge in [0.25, 0.3) is 0 Å². The van der Waals surface area contributed by atoms with Gasteiger partial charge in [-0.15, -0.1) is 24.0 Å². The Morgan fingerprint density at radius 3 is 2.81 bits per heavy atom. The molecular weight excluding hydrogens is 503 g/mol. The molecule has 1 saturated heterocycles. The number of anilines is 1. The lowest BCUT2D eigenvalue weighted by Gasteiger charge is -2.34. The van der Waals surface area contributed by atoms with Crippen molar-refractivity contribution in [2.75, 3.05) is 31.6 Å². The van der Waals surface area contributed by atoms with Gasteiger partial charge in [0.2, 0.25) is 5.91 Å². The number of piperidine rings is 1. The molecule has 31 heavy (non-hydrogen) atoms. The Kier molecular flexibility index (Phi) is 8.11. The molecule has 3 heterocycles. The molecule has 7 nitrogen and oxygen atoms in total.